The molecule has 1 aliphatic rings. The van der Waals surface area contributed by atoms with Gasteiger partial charge in [0.25, 0.3) is 5.91 Å². The van der Waals surface area contributed by atoms with E-state index in [4.69, 9.17) is 5.73 Å². The maximum Gasteiger partial charge on any atom is 0.254 e. The first-order valence-electron chi connectivity index (χ1n) is 7.08. The number of carbonyl (C=O) groups is 2. The van der Waals surface area contributed by atoms with Crippen molar-refractivity contribution in [2.75, 3.05) is 19.6 Å². The Kier molecular flexibility index (Phi) is 4.80. The number of nitrogens with one attached hydrogen (secondary N) is 1. The van der Waals surface area contributed by atoms with Crippen LogP contribution < -0.4 is 11.1 Å². The molecule has 1 aromatic carbocycles. The highest BCUT2D eigenvalue weighted by Gasteiger charge is 2.27. The summed E-state index contributed by atoms with van der Waals surface area (Å²) in [7, 11) is 0. The lowest BCUT2D eigenvalue weighted by Gasteiger charge is -2.34. The Bertz CT molecular complexity index is 539. The topological polar surface area (TPSA) is 95.7 Å². The van der Waals surface area contributed by atoms with E-state index in [0.29, 0.717) is 17.7 Å². The molecular weight excluding hydrogens is 270 g/mol. The molecule has 0 saturated carbocycles. The number of amides is 2. The van der Waals surface area contributed by atoms with E-state index in [9.17, 15) is 14.7 Å². The number of benzene rings is 1. The van der Waals surface area contributed by atoms with E-state index in [1.165, 1.54) is 11.0 Å². The van der Waals surface area contributed by atoms with Gasteiger partial charge < -0.3 is 21.1 Å². The van der Waals surface area contributed by atoms with E-state index in [-0.39, 0.29) is 24.2 Å². The Morgan fingerprint density at radius 3 is 2.81 bits per heavy atom. The van der Waals surface area contributed by atoms with E-state index >= 15 is 0 Å². The minimum absolute atomic E-state index is 0.0344. The van der Waals surface area contributed by atoms with Gasteiger partial charge in [-0.15, -0.1) is 0 Å². The molecule has 0 bridgehead atoms. The Labute approximate surface area is 123 Å². The molecule has 4 N–H and O–H groups in total. The third-order valence-electron chi connectivity index (χ3n) is 3.74. The molecule has 1 unspecified atom stereocenters. The van der Waals surface area contributed by atoms with Crippen LogP contribution in [0.2, 0.25) is 0 Å². The van der Waals surface area contributed by atoms with Crippen LogP contribution in [0.1, 0.15) is 28.8 Å². The molecule has 1 aliphatic heterocycles. The van der Waals surface area contributed by atoms with Gasteiger partial charge in [0, 0.05) is 18.2 Å². The first kappa shape index (κ1) is 15.3. The molecular formula is C15H21N3O3. The number of piperidine rings is 1. The summed E-state index contributed by atoms with van der Waals surface area (Å²) in [4.78, 5) is 25.5. The molecule has 21 heavy (non-hydrogen) atoms. The summed E-state index contributed by atoms with van der Waals surface area (Å²) in [5.74, 6) is -0.609. The van der Waals surface area contributed by atoms with Crippen LogP contribution in [0.15, 0.2) is 18.2 Å². The van der Waals surface area contributed by atoms with Crippen LogP contribution >= 0.6 is 0 Å². The zero-order chi connectivity index (χ0) is 15.4. The number of nitrogens with zero attached hydrogens (tertiary/aromatic N) is 1. The molecule has 1 saturated heterocycles. The number of aromatic hydroxyl groups is 1. The Morgan fingerprint density at radius 1 is 1.48 bits per heavy atom. The van der Waals surface area contributed by atoms with E-state index in [0.717, 1.165) is 19.4 Å². The van der Waals surface area contributed by atoms with Crippen molar-refractivity contribution in [3.63, 3.8) is 0 Å². The minimum Gasteiger partial charge on any atom is -0.508 e. The fraction of sp³-hybridized carbons (Fsp3) is 0.467. The lowest BCUT2D eigenvalue weighted by molar-refractivity contribution is -0.119. The molecule has 0 aliphatic carbocycles. The molecule has 6 nitrogen and oxygen atoms in total. The summed E-state index contributed by atoms with van der Waals surface area (Å²) in [6, 6.07) is 4.65. The number of hydrogen-bond donors (Lipinski definition) is 3. The zero-order valence-electron chi connectivity index (χ0n) is 12.1. The second-order valence-electron chi connectivity index (χ2n) is 5.40. The number of rotatable bonds is 4. The third kappa shape index (κ3) is 3.72. The van der Waals surface area contributed by atoms with E-state index in [2.05, 4.69) is 5.32 Å². The lowest BCUT2D eigenvalue weighted by atomic mass is 10.0. The lowest BCUT2D eigenvalue weighted by Crippen LogP contribution is -2.51. The van der Waals surface area contributed by atoms with Gasteiger partial charge in [-0.2, -0.15) is 0 Å². The number of aryl methyl sites for hydroxylation is 1. The fourth-order valence-corrected chi connectivity index (χ4v) is 2.59. The van der Waals surface area contributed by atoms with Crippen molar-refractivity contribution in [3.8, 4) is 5.75 Å². The molecule has 1 fully saturated rings. The van der Waals surface area contributed by atoms with Gasteiger partial charge in [-0.05, 0) is 50.1 Å². The predicted molar refractivity (Wildman–Crippen MR) is 79.0 cm³/mol. The maximum atomic E-state index is 12.7. The minimum atomic E-state index is -0.524. The van der Waals surface area contributed by atoms with Crippen molar-refractivity contribution < 1.29 is 14.7 Å². The van der Waals surface area contributed by atoms with Gasteiger partial charge in [0.15, 0.2) is 0 Å². The van der Waals surface area contributed by atoms with Crippen molar-refractivity contribution >= 4 is 11.8 Å². The number of phenolic OH excluding ortho intramolecular Hbond substituents is 1. The monoisotopic (exact) mass is 291 g/mol. The highest BCUT2D eigenvalue weighted by atomic mass is 16.3. The van der Waals surface area contributed by atoms with Crippen LogP contribution in [0.4, 0.5) is 0 Å². The SMILES string of the molecule is Cc1cc(C(=O)N(CC(N)=O)C2CCCNC2)ccc1O. The van der Waals surface area contributed by atoms with E-state index in [1.54, 1.807) is 19.1 Å². The maximum absolute atomic E-state index is 12.7. The smallest absolute Gasteiger partial charge is 0.254 e. The molecule has 114 valence electrons. The molecule has 0 aromatic heterocycles. The van der Waals surface area contributed by atoms with Crippen LogP contribution in [-0.4, -0.2) is 47.5 Å². The van der Waals surface area contributed by atoms with Gasteiger partial charge in [-0.3, -0.25) is 9.59 Å². The van der Waals surface area contributed by atoms with Gasteiger partial charge >= 0.3 is 0 Å². The summed E-state index contributed by atoms with van der Waals surface area (Å²) in [6.45, 7) is 3.22. The number of hydrogen-bond acceptors (Lipinski definition) is 4. The highest BCUT2D eigenvalue weighted by Crippen LogP contribution is 2.20. The van der Waals surface area contributed by atoms with Crippen LogP contribution in [0.3, 0.4) is 0 Å². The van der Waals surface area contributed by atoms with Gasteiger partial charge in [0.2, 0.25) is 5.91 Å². The quantitative estimate of drug-likeness (QED) is 0.747. The van der Waals surface area contributed by atoms with Crippen molar-refractivity contribution in [1.82, 2.24) is 10.2 Å². The average molecular weight is 291 g/mol. The molecule has 1 atom stereocenters. The number of primary amides is 1. The number of phenols is 1. The van der Waals surface area contributed by atoms with Crippen LogP contribution in [0.5, 0.6) is 5.75 Å². The summed E-state index contributed by atoms with van der Waals surface area (Å²) < 4.78 is 0. The van der Waals surface area contributed by atoms with Gasteiger partial charge in [-0.25, -0.2) is 0 Å². The fourth-order valence-electron chi connectivity index (χ4n) is 2.59. The zero-order valence-corrected chi connectivity index (χ0v) is 12.1. The molecule has 0 spiro atoms. The van der Waals surface area contributed by atoms with E-state index < -0.39 is 5.91 Å². The standard InChI is InChI=1S/C15H21N3O3/c1-10-7-11(4-5-13(10)19)15(21)18(9-14(16)20)12-3-2-6-17-8-12/h4-5,7,12,17,19H,2-3,6,8-9H2,1H3,(H2,16,20). The Hall–Kier alpha value is -2.08. The molecule has 6 heteroatoms. The highest BCUT2D eigenvalue weighted by molar-refractivity contribution is 5.97. The summed E-state index contributed by atoms with van der Waals surface area (Å²) in [5, 5.41) is 12.8. The first-order chi connectivity index (χ1) is 9.99. The second kappa shape index (κ2) is 6.58. The third-order valence-corrected chi connectivity index (χ3v) is 3.74. The summed E-state index contributed by atoms with van der Waals surface area (Å²) >= 11 is 0. The summed E-state index contributed by atoms with van der Waals surface area (Å²) in [5.41, 5.74) is 6.36. The molecule has 1 heterocycles. The first-order valence-corrected chi connectivity index (χ1v) is 7.08. The molecule has 0 radical (unpaired) electrons. The van der Waals surface area contributed by atoms with Gasteiger partial charge in [0.05, 0.1) is 6.54 Å². The largest absolute Gasteiger partial charge is 0.508 e. The Balaban J connectivity index is 2.23. The number of carbonyl (C=O) groups excluding carboxylic acids is 2. The number of nitrogens with two attached hydrogens (primary N) is 1. The van der Waals surface area contributed by atoms with Crippen molar-refractivity contribution in [1.29, 1.82) is 0 Å². The average Bonchev–Trinajstić information content (AvgIpc) is 2.47. The second-order valence-corrected chi connectivity index (χ2v) is 5.40. The van der Waals surface area contributed by atoms with Gasteiger partial charge in [0.1, 0.15) is 5.75 Å². The van der Waals surface area contributed by atoms with Crippen molar-refractivity contribution in [3.05, 3.63) is 29.3 Å². The molecule has 2 amide bonds. The normalized spacial score (nSPS) is 18.2. The van der Waals surface area contributed by atoms with Gasteiger partial charge in [-0.1, -0.05) is 0 Å². The summed E-state index contributed by atoms with van der Waals surface area (Å²) in [6.07, 6.45) is 1.81. The predicted octanol–water partition coefficient (Wildman–Crippen LogP) is 0.380. The van der Waals surface area contributed by atoms with E-state index in [1.807, 2.05) is 0 Å². The van der Waals surface area contributed by atoms with Crippen LogP contribution in [-0.2, 0) is 4.79 Å². The molecule has 2 rings (SSSR count). The van der Waals surface area contributed by atoms with Crippen LogP contribution in [0.25, 0.3) is 0 Å². The van der Waals surface area contributed by atoms with Crippen LogP contribution in [0, 0.1) is 6.92 Å². The molecule has 1 aromatic rings. The van der Waals surface area contributed by atoms with Crippen molar-refractivity contribution in [2.24, 2.45) is 5.73 Å². The van der Waals surface area contributed by atoms with Crippen molar-refractivity contribution in [2.45, 2.75) is 25.8 Å². The Morgan fingerprint density at radius 2 is 2.24 bits per heavy atom.